The van der Waals surface area contributed by atoms with Crippen LogP contribution in [0.4, 0.5) is 10.5 Å². The van der Waals surface area contributed by atoms with Crippen molar-refractivity contribution in [3.05, 3.63) is 64.1 Å². The second kappa shape index (κ2) is 9.82. The minimum Gasteiger partial charge on any atom is -0.444 e. The summed E-state index contributed by atoms with van der Waals surface area (Å²) in [6, 6.07) is 14.6. The number of amides is 2. The summed E-state index contributed by atoms with van der Waals surface area (Å²) in [6.45, 7) is 7.27. The number of quaternary nitrogens is 1. The molecule has 2 aromatic carbocycles. The molecule has 7 heteroatoms. The number of nitrogens with one attached hydrogen (secondary N) is 1. The van der Waals surface area contributed by atoms with E-state index < -0.39 is 11.7 Å². The molecule has 0 heterocycles. The highest BCUT2D eigenvalue weighted by molar-refractivity contribution is 6.42. The van der Waals surface area contributed by atoms with Gasteiger partial charge in [-0.2, -0.15) is 0 Å². The van der Waals surface area contributed by atoms with Gasteiger partial charge in [-0.25, -0.2) is 14.1 Å². The molecule has 1 unspecified atom stereocenters. The number of ether oxygens (including phenoxy) is 1. The smallest absolute Gasteiger partial charge is 0.408 e. The van der Waals surface area contributed by atoms with Crippen LogP contribution in [0.3, 0.4) is 0 Å². The molecular weight excluding hydrogens is 423 g/mol. The number of nitrogens with zero attached hydrogens (tertiary/aromatic N) is 1. The zero-order chi connectivity index (χ0) is 22.5. The number of rotatable bonds is 6. The normalized spacial score (nSPS) is 14.5. The minimum atomic E-state index is -0.621. The third-order valence-corrected chi connectivity index (χ3v) is 5.54. The summed E-state index contributed by atoms with van der Waals surface area (Å²) in [4.78, 5) is 25.2. The number of hydrogen-bond acceptors (Lipinski definition) is 3. The largest absolute Gasteiger partial charge is 0.444 e. The number of carbonyl (C=O) groups is 2. The zero-order valence-corrected chi connectivity index (χ0v) is 19.6. The van der Waals surface area contributed by atoms with E-state index in [1.54, 1.807) is 25.2 Å². The van der Waals surface area contributed by atoms with Gasteiger partial charge in [0.05, 0.1) is 30.1 Å². The van der Waals surface area contributed by atoms with E-state index in [1.165, 1.54) is 6.92 Å². The van der Waals surface area contributed by atoms with Crippen LogP contribution in [0.1, 0.15) is 33.3 Å². The lowest BCUT2D eigenvalue weighted by Gasteiger charge is -2.34. The van der Waals surface area contributed by atoms with Crippen molar-refractivity contribution in [1.82, 2.24) is 9.80 Å². The molecule has 2 atom stereocenters. The molecular formula is C23H29Cl2N2O3+. The minimum absolute atomic E-state index is 0.0514. The van der Waals surface area contributed by atoms with Gasteiger partial charge in [-0.1, -0.05) is 53.5 Å². The SMILES string of the molecule is CC(=O)[N@@+](C)(CC(Cc1ccccc1)NC(=O)OC(C)(C)C)c1ccc(Cl)c(Cl)c1. The lowest BCUT2D eigenvalue weighted by molar-refractivity contribution is -0.127. The molecule has 1 N–H and O–H groups in total. The van der Waals surface area contributed by atoms with Crippen LogP contribution in [0.5, 0.6) is 0 Å². The second-order valence-corrected chi connectivity index (χ2v) is 9.34. The number of carbonyl (C=O) groups excluding carboxylic acids is 2. The number of alkyl carbamates (subject to hydrolysis) is 1. The van der Waals surface area contributed by atoms with Crippen LogP contribution in [0.15, 0.2) is 48.5 Å². The molecule has 2 rings (SSSR count). The van der Waals surface area contributed by atoms with Crippen LogP contribution in [0.25, 0.3) is 0 Å². The fourth-order valence-corrected chi connectivity index (χ4v) is 3.47. The van der Waals surface area contributed by atoms with Crippen molar-refractivity contribution in [2.75, 3.05) is 13.6 Å². The average molecular weight is 452 g/mol. The van der Waals surface area contributed by atoms with Gasteiger partial charge in [0, 0.05) is 12.1 Å². The Bertz CT molecular complexity index is 897. The number of likely N-dealkylation sites (N-methyl/N-ethyl adjacent to an activating group) is 1. The van der Waals surface area contributed by atoms with Crippen molar-refractivity contribution in [3.63, 3.8) is 0 Å². The highest BCUT2D eigenvalue weighted by Gasteiger charge is 2.36. The van der Waals surface area contributed by atoms with Gasteiger partial charge in [0.2, 0.25) is 0 Å². The molecule has 0 saturated heterocycles. The summed E-state index contributed by atoms with van der Waals surface area (Å²) < 4.78 is 5.39. The molecule has 30 heavy (non-hydrogen) atoms. The van der Waals surface area contributed by atoms with Crippen molar-refractivity contribution in [3.8, 4) is 0 Å². The zero-order valence-electron chi connectivity index (χ0n) is 18.0. The molecule has 2 amide bonds. The molecule has 0 fully saturated rings. The maximum atomic E-state index is 12.7. The first-order chi connectivity index (χ1) is 13.9. The van der Waals surface area contributed by atoms with Gasteiger partial charge >= 0.3 is 12.0 Å². The molecule has 0 aliphatic heterocycles. The summed E-state index contributed by atoms with van der Waals surface area (Å²) >= 11 is 12.3. The highest BCUT2D eigenvalue weighted by Crippen LogP contribution is 2.31. The Morgan fingerprint density at radius 2 is 1.70 bits per heavy atom. The summed E-state index contributed by atoms with van der Waals surface area (Å²) in [5.74, 6) is -0.0857. The number of hydrogen-bond donors (Lipinski definition) is 1. The fraction of sp³-hybridized carbons (Fsp3) is 0.391. The first-order valence-corrected chi connectivity index (χ1v) is 10.5. The van der Waals surface area contributed by atoms with Crippen molar-refractivity contribution >= 4 is 40.9 Å². The Kier molecular flexibility index (Phi) is 7.92. The van der Waals surface area contributed by atoms with E-state index in [4.69, 9.17) is 27.9 Å². The van der Waals surface area contributed by atoms with E-state index in [-0.39, 0.29) is 16.4 Å². The predicted molar refractivity (Wildman–Crippen MR) is 123 cm³/mol. The molecule has 162 valence electrons. The van der Waals surface area contributed by atoms with Gasteiger partial charge in [0.15, 0.2) is 0 Å². The van der Waals surface area contributed by atoms with Crippen molar-refractivity contribution < 1.29 is 14.3 Å². The molecule has 0 aliphatic carbocycles. The quantitative estimate of drug-likeness (QED) is 0.580. The molecule has 2 aromatic rings. The van der Waals surface area contributed by atoms with E-state index in [9.17, 15) is 9.59 Å². The lowest BCUT2D eigenvalue weighted by atomic mass is 10.0. The van der Waals surface area contributed by atoms with E-state index in [2.05, 4.69) is 5.32 Å². The van der Waals surface area contributed by atoms with Crippen LogP contribution < -0.4 is 9.80 Å². The number of benzene rings is 2. The molecule has 0 radical (unpaired) electrons. The molecule has 5 nitrogen and oxygen atoms in total. The topological polar surface area (TPSA) is 55.4 Å². The second-order valence-electron chi connectivity index (χ2n) is 8.52. The highest BCUT2D eigenvalue weighted by atomic mass is 35.5. The van der Waals surface area contributed by atoms with Gasteiger partial charge in [-0.05, 0) is 38.8 Å². The van der Waals surface area contributed by atoms with Crippen LogP contribution in [0, 0.1) is 0 Å². The van der Waals surface area contributed by atoms with Gasteiger partial charge < -0.3 is 10.1 Å². The van der Waals surface area contributed by atoms with E-state index >= 15 is 0 Å². The maximum absolute atomic E-state index is 12.7. The van der Waals surface area contributed by atoms with Crippen molar-refractivity contribution in [2.24, 2.45) is 0 Å². The van der Waals surface area contributed by atoms with Gasteiger partial charge in [0.25, 0.3) is 0 Å². The molecule has 0 aliphatic rings. The third-order valence-electron chi connectivity index (χ3n) is 4.80. The van der Waals surface area contributed by atoms with E-state index in [0.717, 1.165) is 5.56 Å². The maximum Gasteiger partial charge on any atom is 0.408 e. The molecule has 0 aromatic heterocycles. The Balaban J connectivity index is 2.35. The van der Waals surface area contributed by atoms with E-state index in [1.807, 2.05) is 51.1 Å². The Morgan fingerprint density at radius 3 is 2.23 bits per heavy atom. The average Bonchev–Trinajstić information content (AvgIpc) is 2.62. The van der Waals surface area contributed by atoms with Gasteiger partial charge in [-0.3, -0.25) is 0 Å². The standard InChI is InChI=1S/C23H28Cl2N2O3/c1-16(28)27(5,19-11-12-20(24)21(25)14-19)15-18(13-17-9-7-6-8-10-17)26-22(29)30-23(2,3)4/h6-12,14,18H,13,15H2,1-5H3/p+1/t18?,27-/m1/s1. The Hall–Kier alpha value is -2.08. The van der Waals surface area contributed by atoms with Crippen LogP contribution in [-0.4, -0.2) is 37.2 Å². The van der Waals surface area contributed by atoms with Crippen molar-refractivity contribution in [1.29, 1.82) is 0 Å². The summed E-state index contributed by atoms with van der Waals surface area (Å²) in [5, 5.41) is 3.73. The van der Waals surface area contributed by atoms with Gasteiger partial charge in [0.1, 0.15) is 17.8 Å². The molecule has 0 saturated carbocycles. The lowest BCUT2D eigenvalue weighted by Crippen LogP contribution is -2.58. The molecule has 0 bridgehead atoms. The molecule has 0 spiro atoms. The van der Waals surface area contributed by atoms with Crippen LogP contribution in [-0.2, 0) is 16.0 Å². The Labute approximate surface area is 188 Å². The van der Waals surface area contributed by atoms with Crippen molar-refractivity contribution in [2.45, 2.75) is 45.8 Å². The van der Waals surface area contributed by atoms with Gasteiger partial charge in [-0.15, -0.1) is 0 Å². The Morgan fingerprint density at radius 1 is 1.07 bits per heavy atom. The fourth-order valence-electron chi connectivity index (χ4n) is 3.18. The summed E-state index contributed by atoms with van der Waals surface area (Å²) in [6.07, 6.45) is 0.0235. The van der Waals surface area contributed by atoms with Crippen LogP contribution in [0.2, 0.25) is 10.0 Å². The van der Waals surface area contributed by atoms with Crippen LogP contribution >= 0.6 is 23.2 Å². The monoisotopic (exact) mass is 451 g/mol. The van der Waals surface area contributed by atoms with E-state index in [0.29, 0.717) is 28.7 Å². The predicted octanol–water partition coefficient (Wildman–Crippen LogP) is 5.61. The first kappa shape index (κ1) is 24.2. The summed E-state index contributed by atoms with van der Waals surface area (Å²) in [5.41, 5.74) is 1.12. The summed E-state index contributed by atoms with van der Waals surface area (Å²) in [7, 11) is 1.80. The number of halogens is 2. The first-order valence-electron chi connectivity index (χ1n) is 9.76. The third kappa shape index (κ3) is 6.73.